The fourth-order valence-corrected chi connectivity index (χ4v) is 1.51. The zero-order chi connectivity index (χ0) is 12.8. The van der Waals surface area contributed by atoms with Crippen molar-refractivity contribution in [3.63, 3.8) is 0 Å². The van der Waals surface area contributed by atoms with Crippen molar-refractivity contribution in [3.05, 3.63) is 0 Å². The Kier molecular flexibility index (Phi) is 5.63. The molecule has 0 aromatic rings. The van der Waals surface area contributed by atoms with E-state index in [1.807, 2.05) is 0 Å². The van der Waals surface area contributed by atoms with Crippen molar-refractivity contribution in [2.45, 2.75) is 37.9 Å². The van der Waals surface area contributed by atoms with Gasteiger partial charge in [0.1, 0.15) is 18.8 Å². The van der Waals surface area contributed by atoms with Gasteiger partial charge in [0.2, 0.25) is 0 Å². The summed E-state index contributed by atoms with van der Waals surface area (Å²) in [6, 6.07) is 0. The third-order valence-electron chi connectivity index (χ3n) is 2.43. The summed E-state index contributed by atoms with van der Waals surface area (Å²) >= 11 is 0. The van der Waals surface area contributed by atoms with Crippen molar-refractivity contribution >= 4 is 6.16 Å². The minimum Gasteiger partial charge on any atom is -0.435 e. The van der Waals surface area contributed by atoms with E-state index in [4.69, 9.17) is 14.2 Å². The summed E-state index contributed by atoms with van der Waals surface area (Å²) < 4.78 is 19.5. The number of carbonyl (C=O) groups is 1. The Labute approximate surface area is 99.2 Å². The molecule has 0 aliphatic carbocycles. The first-order chi connectivity index (χ1) is 8.08. The van der Waals surface area contributed by atoms with Gasteiger partial charge in [-0.3, -0.25) is 0 Å². The molecule has 7 nitrogen and oxygen atoms in total. The summed E-state index contributed by atoms with van der Waals surface area (Å²) in [5.41, 5.74) is 0. The summed E-state index contributed by atoms with van der Waals surface area (Å²) in [4.78, 5) is 10.9. The first-order valence-corrected chi connectivity index (χ1v) is 5.42. The molecule has 100 valence electrons. The van der Waals surface area contributed by atoms with Gasteiger partial charge in [0.25, 0.3) is 0 Å². The Morgan fingerprint density at radius 1 is 1.41 bits per heavy atom. The summed E-state index contributed by atoms with van der Waals surface area (Å²) in [5.74, 6) is 0. The zero-order valence-corrected chi connectivity index (χ0v) is 9.87. The van der Waals surface area contributed by atoms with Gasteiger partial charge in [-0.05, 0) is 6.92 Å². The standard InChI is InChI=1S/C10H18O7/c1-3-15-10(13)16-5-7-9(12)6(11)4-8(14-2)17-7/h6-9,11-12H,3-5H2,1-2H3. The predicted molar refractivity (Wildman–Crippen MR) is 55.3 cm³/mol. The molecular weight excluding hydrogens is 232 g/mol. The van der Waals surface area contributed by atoms with Crippen LogP contribution >= 0.6 is 0 Å². The first kappa shape index (κ1) is 14.2. The zero-order valence-electron chi connectivity index (χ0n) is 9.87. The maximum Gasteiger partial charge on any atom is 0.508 e. The van der Waals surface area contributed by atoms with Crippen molar-refractivity contribution in [2.24, 2.45) is 0 Å². The number of rotatable bonds is 4. The molecular formula is C10H18O7. The second kappa shape index (κ2) is 6.75. The SMILES string of the molecule is CCOC(=O)OCC1OC(OC)CC(O)C1O. The Morgan fingerprint density at radius 2 is 2.12 bits per heavy atom. The van der Waals surface area contributed by atoms with Gasteiger partial charge < -0.3 is 29.2 Å². The lowest BCUT2D eigenvalue weighted by molar-refractivity contribution is -0.249. The monoisotopic (exact) mass is 250 g/mol. The van der Waals surface area contributed by atoms with Crippen molar-refractivity contribution in [1.29, 1.82) is 0 Å². The van der Waals surface area contributed by atoms with Gasteiger partial charge in [0.05, 0.1) is 12.7 Å². The van der Waals surface area contributed by atoms with Crippen LogP contribution in [-0.2, 0) is 18.9 Å². The summed E-state index contributed by atoms with van der Waals surface area (Å²) in [7, 11) is 1.43. The van der Waals surface area contributed by atoms with Crippen molar-refractivity contribution in [1.82, 2.24) is 0 Å². The summed E-state index contributed by atoms with van der Waals surface area (Å²) in [6.07, 6.45) is -4.19. The van der Waals surface area contributed by atoms with Gasteiger partial charge >= 0.3 is 6.16 Å². The normalized spacial score (nSPS) is 33.2. The number of aliphatic hydroxyl groups excluding tert-OH is 2. The lowest BCUT2D eigenvalue weighted by Crippen LogP contribution is -2.50. The maximum absolute atomic E-state index is 10.9. The Hall–Kier alpha value is -0.890. The lowest BCUT2D eigenvalue weighted by Gasteiger charge is -2.35. The molecule has 1 aliphatic rings. The molecule has 0 bridgehead atoms. The average Bonchev–Trinajstić information content (AvgIpc) is 2.31. The van der Waals surface area contributed by atoms with E-state index in [0.29, 0.717) is 0 Å². The van der Waals surface area contributed by atoms with E-state index >= 15 is 0 Å². The second-order valence-corrected chi connectivity index (χ2v) is 3.63. The quantitative estimate of drug-likeness (QED) is 0.658. The van der Waals surface area contributed by atoms with Crippen LogP contribution in [0.5, 0.6) is 0 Å². The predicted octanol–water partition coefficient (Wildman–Crippen LogP) is -0.357. The van der Waals surface area contributed by atoms with E-state index in [-0.39, 0.29) is 19.6 Å². The summed E-state index contributed by atoms with van der Waals surface area (Å²) in [5, 5.41) is 19.2. The maximum atomic E-state index is 10.9. The molecule has 1 rings (SSSR count). The van der Waals surface area contributed by atoms with Crippen molar-refractivity contribution < 1.29 is 34.0 Å². The molecule has 0 saturated carbocycles. The van der Waals surface area contributed by atoms with Crippen LogP contribution in [0.25, 0.3) is 0 Å². The molecule has 1 aliphatic heterocycles. The Bertz CT molecular complexity index is 245. The smallest absolute Gasteiger partial charge is 0.435 e. The molecule has 4 atom stereocenters. The van der Waals surface area contributed by atoms with E-state index < -0.39 is 30.8 Å². The third-order valence-corrected chi connectivity index (χ3v) is 2.43. The molecule has 1 heterocycles. The van der Waals surface area contributed by atoms with E-state index in [1.54, 1.807) is 6.92 Å². The number of hydrogen-bond acceptors (Lipinski definition) is 7. The van der Waals surface area contributed by atoms with Gasteiger partial charge in [0.15, 0.2) is 6.29 Å². The number of hydrogen-bond donors (Lipinski definition) is 2. The van der Waals surface area contributed by atoms with Crippen LogP contribution in [0.15, 0.2) is 0 Å². The molecule has 0 amide bonds. The molecule has 2 N–H and O–H groups in total. The molecule has 4 unspecified atom stereocenters. The fraction of sp³-hybridized carbons (Fsp3) is 0.900. The Morgan fingerprint density at radius 3 is 2.71 bits per heavy atom. The van der Waals surface area contributed by atoms with Crippen LogP contribution in [0.3, 0.4) is 0 Å². The number of ether oxygens (including phenoxy) is 4. The van der Waals surface area contributed by atoms with E-state index in [1.165, 1.54) is 7.11 Å². The number of aliphatic hydroxyl groups is 2. The number of carbonyl (C=O) groups excluding carboxylic acids is 1. The van der Waals surface area contributed by atoms with E-state index in [0.717, 1.165) is 0 Å². The largest absolute Gasteiger partial charge is 0.508 e. The first-order valence-electron chi connectivity index (χ1n) is 5.42. The van der Waals surface area contributed by atoms with Gasteiger partial charge in [-0.2, -0.15) is 0 Å². The van der Waals surface area contributed by atoms with Crippen LogP contribution in [0.4, 0.5) is 4.79 Å². The Balaban J connectivity index is 2.41. The molecule has 17 heavy (non-hydrogen) atoms. The molecule has 1 fully saturated rings. The topological polar surface area (TPSA) is 94.5 Å². The van der Waals surface area contributed by atoms with Gasteiger partial charge in [0, 0.05) is 13.5 Å². The van der Waals surface area contributed by atoms with Crippen molar-refractivity contribution in [2.75, 3.05) is 20.3 Å². The van der Waals surface area contributed by atoms with Crippen LogP contribution < -0.4 is 0 Å². The highest BCUT2D eigenvalue weighted by Crippen LogP contribution is 2.21. The minimum atomic E-state index is -1.11. The van der Waals surface area contributed by atoms with Crippen LogP contribution in [0, 0.1) is 0 Å². The number of methoxy groups -OCH3 is 1. The van der Waals surface area contributed by atoms with Gasteiger partial charge in [-0.25, -0.2) is 4.79 Å². The van der Waals surface area contributed by atoms with Crippen molar-refractivity contribution in [3.8, 4) is 0 Å². The highest BCUT2D eigenvalue weighted by Gasteiger charge is 2.37. The summed E-state index contributed by atoms with van der Waals surface area (Å²) in [6.45, 7) is 1.66. The van der Waals surface area contributed by atoms with Gasteiger partial charge in [-0.1, -0.05) is 0 Å². The van der Waals surface area contributed by atoms with Crippen LogP contribution in [-0.4, -0.2) is 61.3 Å². The second-order valence-electron chi connectivity index (χ2n) is 3.63. The molecule has 0 aromatic carbocycles. The molecule has 0 spiro atoms. The molecule has 0 aromatic heterocycles. The van der Waals surface area contributed by atoms with Gasteiger partial charge in [-0.15, -0.1) is 0 Å². The van der Waals surface area contributed by atoms with Crippen LogP contribution in [0.2, 0.25) is 0 Å². The third kappa shape index (κ3) is 4.12. The van der Waals surface area contributed by atoms with Crippen LogP contribution in [0.1, 0.15) is 13.3 Å². The molecule has 0 radical (unpaired) electrons. The molecule has 1 saturated heterocycles. The van der Waals surface area contributed by atoms with E-state index in [9.17, 15) is 15.0 Å². The lowest BCUT2D eigenvalue weighted by atomic mass is 10.0. The highest BCUT2D eigenvalue weighted by atomic mass is 16.7. The highest BCUT2D eigenvalue weighted by molar-refractivity contribution is 5.59. The van der Waals surface area contributed by atoms with E-state index in [2.05, 4.69) is 4.74 Å². The average molecular weight is 250 g/mol. The minimum absolute atomic E-state index is 0.174. The molecule has 7 heteroatoms. The fourth-order valence-electron chi connectivity index (χ4n) is 1.51.